The summed E-state index contributed by atoms with van der Waals surface area (Å²) < 4.78 is 0. The molecule has 1 unspecified atom stereocenters. The molecule has 1 atom stereocenters. The van der Waals surface area contributed by atoms with Crippen molar-refractivity contribution < 1.29 is 0 Å². The van der Waals surface area contributed by atoms with Crippen molar-refractivity contribution >= 4 is 17.6 Å². The molecule has 0 aliphatic heterocycles. The third-order valence-electron chi connectivity index (χ3n) is 2.89. The fourth-order valence-electron chi connectivity index (χ4n) is 1.85. The van der Waals surface area contributed by atoms with Crippen LogP contribution in [0.15, 0.2) is 70.6 Å². The van der Waals surface area contributed by atoms with E-state index in [2.05, 4.69) is 15.3 Å². The van der Waals surface area contributed by atoms with Gasteiger partial charge in [0.05, 0.1) is 6.04 Å². The molecule has 0 spiro atoms. The maximum atomic E-state index is 5.81. The van der Waals surface area contributed by atoms with Crippen molar-refractivity contribution in [2.24, 2.45) is 21.5 Å². The molecule has 0 amide bonds. The highest BCUT2D eigenvalue weighted by Crippen LogP contribution is 2.15. The Labute approximate surface area is 124 Å². The molecule has 2 aromatic rings. The van der Waals surface area contributed by atoms with Crippen LogP contribution < -0.4 is 16.8 Å². The predicted octanol–water partition coefficient (Wildman–Crippen LogP) is 2.49. The van der Waals surface area contributed by atoms with E-state index in [9.17, 15) is 0 Å². The number of rotatable bonds is 3. The number of para-hydroxylation sites is 1. The van der Waals surface area contributed by atoms with E-state index in [4.69, 9.17) is 11.5 Å². The van der Waals surface area contributed by atoms with E-state index in [0.717, 1.165) is 11.3 Å². The fraction of sp³-hybridized carbons (Fsp3) is 0.125. The number of aliphatic imine (C=N–C) groups is 2. The zero-order chi connectivity index (χ0) is 15.1. The van der Waals surface area contributed by atoms with Gasteiger partial charge in [0.2, 0.25) is 11.9 Å². The standard InChI is InChI=1S/C16H19N5/c1-12(13-8-4-2-5-9-13)19-15(17)21-16(18)20-14-10-6-3-7-11-14/h2-12H,1H3,(H5,17,18,19,20,21). The average molecular weight is 281 g/mol. The van der Waals surface area contributed by atoms with Crippen molar-refractivity contribution in [2.75, 3.05) is 5.32 Å². The monoisotopic (exact) mass is 281 g/mol. The fourth-order valence-corrected chi connectivity index (χ4v) is 1.85. The molecule has 21 heavy (non-hydrogen) atoms. The first-order valence-corrected chi connectivity index (χ1v) is 6.69. The Kier molecular flexibility index (Phi) is 4.93. The number of guanidine groups is 2. The van der Waals surface area contributed by atoms with E-state index in [1.807, 2.05) is 67.6 Å². The molecule has 2 rings (SSSR count). The molecule has 0 heterocycles. The Morgan fingerprint density at radius 3 is 2.14 bits per heavy atom. The summed E-state index contributed by atoms with van der Waals surface area (Å²) in [6.45, 7) is 1.96. The first-order chi connectivity index (χ1) is 10.1. The molecule has 0 radical (unpaired) electrons. The summed E-state index contributed by atoms with van der Waals surface area (Å²) in [6, 6.07) is 19.3. The molecular weight excluding hydrogens is 262 g/mol. The van der Waals surface area contributed by atoms with Crippen LogP contribution in [-0.2, 0) is 0 Å². The van der Waals surface area contributed by atoms with Crippen LogP contribution in [0.4, 0.5) is 5.69 Å². The second kappa shape index (κ2) is 7.09. The average Bonchev–Trinajstić information content (AvgIpc) is 2.48. The van der Waals surface area contributed by atoms with Crippen LogP contribution in [0.1, 0.15) is 18.5 Å². The van der Waals surface area contributed by atoms with E-state index in [-0.39, 0.29) is 18.0 Å². The third-order valence-corrected chi connectivity index (χ3v) is 2.89. The normalized spacial score (nSPS) is 13.8. The van der Waals surface area contributed by atoms with E-state index in [1.54, 1.807) is 0 Å². The van der Waals surface area contributed by atoms with Crippen LogP contribution in [0.25, 0.3) is 0 Å². The highest BCUT2D eigenvalue weighted by Gasteiger charge is 2.03. The van der Waals surface area contributed by atoms with Crippen molar-refractivity contribution in [3.63, 3.8) is 0 Å². The minimum absolute atomic E-state index is 0.0699. The Morgan fingerprint density at radius 1 is 0.952 bits per heavy atom. The molecule has 0 aliphatic carbocycles. The lowest BCUT2D eigenvalue weighted by atomic mass is 10.1. The highest BCUT2D eigenvalue weighted by atomic mass is 15.2. The molecule has 0 aliphatic rings. The van der Waals surface area contributed by atoms with Crippen LogP contribution in [0, 0.1) is 0 Å². The second-order valence-electron chi connectivity index (χ2n) is 4.56. The van der Waals surface area contributed by atoms with Crippen LogP contribution in [0.5, 0.6) is 0 Å². The lowest BCUT2D eigenvalue weighted by Crippen LogP contribution is -2.26. The Bertz CT molecular complexity index is 620. The summed E-state index contributed by atoms with van der Waals surface area (Å²) in [5.74, 6) is 0.356. The molecular formula is C16H19N5. The molecule has 2 aromatic carbocycles. The van der Waals surface area contributed by atoms with Gasteiger partial charge in [-0.25, -0.2) is 4.99 Å². The number of anilines is 1. The van der Waals surface area contributed by atoms with Gasteiger partial charge in [0.1, 0.15) is 0 Å². The Morgan fingerprint density at radius 2 is 1.52 bits per heavy atom. The van der Waals surface area contributed by atoms with Gasteiger partial charge in [-0.1, -0.05) is 48.5 Å². The van der Waals surface area contributed by atoms with Gasteiger partial charge in [0, 0.05) is 5.69 Å². The molecule has 5 heteroatoms. The van der Waals surface area contributed by atoms with Crippen LogP contribution in [-0.4, -0.2) is 11.9 Å². The first-order valence-electron chi connectivity index (χ1n) is 6.69. The molecule has 0 fully saturated rings. The number of nitrogens with one attached hydrogen (secondary N) is 1. The third kappa shape index (κ3) is 4.65. The first kappa shape index (κ1) is 14.6. The second-order valence-corrected chi connectivity index (χ2v) is 4.56. The smallest absolute Gasteiger partial charge is 0.219 e. The minimum atomic E-state index is -0.0699. The van der Waals surface area contributed by atoms with Gasteiger partial charge in [-0.2, -0.15) is 4.99 Å². The summed E-state index contributed by atoms with van der Waals surface area (Å²) in [6.07, 6.45) is 0. The van der Waals surface area contributed by atoms with Gasteiger partial charge in [0.25, 0.3) is 0 Å². The summed E-state index contributed by atoms with van der Waals surface area (Å²) in [7, 11) is 0. The molecule has 108 valence electrons. The van der Waals surface area contributed by atoms with E-state index >= 15 is 0 Å². The van der Waals surface area contributed by atoms with Crippen LogP contribution >= 0.6 is 0 Å². The van der Waals surface area contributed by atoms with Crippen LogP contribution in [0.2, 0.25) is 0 Å². The van der Waals surface area contributed by atoms with Gasteiger partial charge in [0.15, 0.2) is 0 Å². The molecule has 0 saturated heterocycles. The number of benzene rings is 2. The highest BCUT2D eigenvalue weighted by molar-refractivity contribution is 6.00. The molecule has 5 nitrogen and oxygen atoms in total. The lowest BCUT2D eigenvalue weighted by Gasteiger charge is -2.08. The zero-order valence-electron chi connectivity index (χ0n) is 11.9. The molecule has 5 N–H and O–H groups in total. The minimum Gasteiger partial charge on any atom is -0.369 e. The largest absolute Gasteiger partial charge is 0.369 e. The van der Waals surface area contributed by atoms with Gasteiger partial charge in [-0.05, 0) is 24.6 Å². The van der Waals surface area contributed by atoms with Gasteiger partial charge in [-0.15, -0.1) is 0 Å². The van der Waals surface area contributed by atoms with Crippen molar-refractivity contribution in [3.05, 3.63) is 66.2 Å². The van der Waals surface area contributed by atoms with E-state index in [0.29, 0.717) is 0 Å². The van der Waals surface area contributed by atoms with Gasteiger partial charge >= 0.3 is 0 Å². The van der Waals surface area contributed by atoms with E-state index < -0.39 is 0 Å². The Balaban J connectivity index is 2.03. The number of hydrogen-bond acceptors (Lipinski definition) is 1. The van der Waals surface area contributed by atoms with Crippen molar-refractivity contribution in [1.82, 2.24) is 0 Å². The molecule has 0 aromatic heterocycles. The number of nitrogens with zero attached hydrogens (tertiary/aromatic N) is 2. The van der Waals surface area contributed by atoms with Crippen molar-refractivity contribution in [1.29, 1.82) is 0 Å². The molecule has 0 bridgehead atoms. The number of hydrogen-bond donors (Lipinski definition) is 3. The maximum Gasteiger partial charge on any atom is 0.219 e. The van der Waals surface area contributed by atoms with E-state index in [1.165, 1.54) is 0 Å². The zero-order valence-corrected chi connectivity index (χ0v) is 11.9. The summed E-state index contributed by atoms with van der Waals surface area (Å²) in [5, 5.41) is 2.95. The number of nitrogens with two attached hydrogens (primary N) is 2. The summed E-state index contributed by atoms with van der Waals surface area (Å²) in [5.41, 5.74) is 13.5. The molecule has 0 saturated carbocycles. The summed E-state index contributed by atoms with van der Waals surface area (Å²) in [4.78, 5) is 8.36. The van der Waals surface area contributed by atoms with Gasteiger partial charge in [-0.3, -0.25) is 0 Å². The lowest BCUT2D eigenvalue weighted by molar-refractivity contribution is 0.816. The SMILES string of the molecule is CC(N=C(N)/N=C(\N)Nc1ccccc1)c1ccccc1. The van der Waals surface area contributed by atoms with Gasteiger partial charge < -0.3 is 16.8 Å². The quantitative estimate of drug-likeness (QED) is 0.596. The predicted molar refractivity (Wildman–Crippen MR) is 88.2 cm³/mol. The summed E-state index contributed by atoms with van der Waals surface area (Å²) >= 11 is 0. The maximum absolute atomic E-state index is 5.81. The Hall–Kier alpha value is -2.82. The van der Waals surface area contributed by atoms with Crippen molar-refractivity contribution in [3.8, 4) is 0 Å². The van der Waals surface area contributed by atoms with Crippen molar-refractivity contribution in [2.45, 2.75) is 13.0 Å². The topological polar surface area (TPSA) is 88.8 Å². The van der Waals surface area contributed by atoms with Crippen LogP contribution in [0.3, 0.4) is 0 Å².